The van der Waals surface area contributed by atoms with Crippen LogP contribution in [0.5, 0.6) is 5.75 Å². The summed E-state index contributed by atoms with van der Waals surface area (Å²) in [6.07, 6.45) is 5.48. The highest BCUT2D eigenvalue weighted by Gasteiger charge is 2.26. The van der Waals surface area contributed by atoms with E-state index in [-0.39, 0.29) is 23.9 Å². The van der Waals surface area contributed by atoms with Crippen LogP contribution < -0.4 is 31.5 Å². The molecule has 0 unspecified atom stereocenters. The number of hydrogen-bond donors (Lipinski definition) is 4. The number of amides is 2. The van der Waals surface area contributed by atoms with E-state index < -0.39 is 0 Å². The fraction of sp³-hybridized carbons (Fsp3) is 0.455. The van der Waals surface area contributed by atoms with Crippen LogP contribution in [0.3, 0.4) is 0 Å². The minimum atomic E-state index is -0.172. The van der Waals surface area contributed by atoms with Crippen LogP contribution >= 0.6 is 0 Å². The lowest BCUT2D eigenvalue weighted by molar-refractivity contribution is -0.119. The first-order chi connectivity index (χ1) is 15.4. The quantitative estimate of drug-likeness (QED) is 0.465. The average molecular weight is 436 g/mol. The highest BCUT2D eigenvalue weighted by Crippen LogP contribution is 2.28. The van der Waals surface area contributed by atoms with Gasteiger partial charge in [-0.25, -0.2) is 4.98 Å². The first-order valence-electron chi connectivity index (χ1n) is 10.8. The van der Waals surface area contributed by atoms with Gasteiger partial charge in [-0.15, -0.1) is 0 Å². The van der Waals surface area contributed by atoms with E-state index in [1.807, 2.05) is 6.92 Å². The third-order valence-corrected chi connectivity index (χ3v) is 5.34. The van der Waals surface area contributed by atoms with Crippen LogP contribution in [0.25, 0.3) is 0 Å². The number of nitrogens with zero attached hydrogens (tertiary/aromatic N) is 2. The lowest BCUT2D eigenvalue weighted by atomic mass is 9.89. The van der Waals surface area contributed by atoms with E-state index in [0.717, 1.165) is 25.7 Å². The highest BCUT2D eigenvalue weighted by molar-refractivity contribution is 6.35. The molecule has 0 spiro atoms. The summed E-state index contributed by atoms with van der Waals surface area (Å²) in [6, 6.07) is 5.15. The minimum absolute atomic E-state index is 0.0222. The van der Waals surface area contributed by atoms with Crippen molar-refractivity contribution in [2.24, 2.45) is 0 Å². The Bertz CT molecular complexity index is 971. The van der Waals surface area contributed by atoms with E-state index in [1.54, 1.807) is 18.2 Å². The molecule has 1 aliphatic rings. The zero-order valence-corrected chi connectivity index (χ0v) is 18.7. The Morgan fingerprint density at radius 2 is 1.97 bits per heavy atom. The smallest absolute Gasteiger partial charge is 0.251 e. The first-order valence-corrected chi connectivity index (χ1v) is 10.8. The second-order valence-corrected chi connectivity index (χ2v) is 7.74. The second-order valence-electron chi connectivity index (χ2n) is 7.74. The van der Waals surface area contributed by atoms with Crippen molar-refractivity contribution in [1.29, 1.82) is 0 Å². The topological polar surface area (TPSA) is 117 Å². The van der Waals surface area contributed by atoms with Crippen molar-refractivity contribution in [2.75, 3.05) is 24.3 Å². The van der Waals surface area contributed by atoms with Gasteiger partial charge in [-0.05, 0) is 43.4 Å². The maximum Gasteiger partial charge on any atom is 0.251 e. The molecule has 2 atom stereocenters. The molecular formula is C22H29BN6O3. The molecule has 1 aromatic carbocycles. The van der Waals surface area contributed by atoms with Crippen molar-refractivity contribution >= 4 is 42.6 Å². The van der Waals surface area contributed by atoms with Crippen molar-refractivity contribution in [3.63, 3.8) is 0 Å². The van der Waals surface area contributed by atoms with Gasteiger partial charge in [0.25, 0.3) is 5.91 Å². The SMILES string of the molecule is [B]c1cnc(Nc2ccc(C(=O)NCC)cc2OC)nc1N[C@@H]1CCCC[C@H]1NC(C)=O. The van der Waals surface area contributed by atoms with E-state index in [0.29, 0.717) is 40.8 Å². The van der Waals surface area contributed by atoms with Gasteiger partial charge < -0.3 is 26.0 Å². The van der Waals surface area contributed by atoms with Crippen LogP contribution in [0.1, 0.15) is 49.9 Å². The molecule has 1 saturated carbocycles. The van der Waals surface area contributed by atoms with Crippen LogP contribution in [-0.2, 0) is 4.79 Å². The van der Waals surface area contributed by atoms with Gasteiger partial charge in [0.2, 0.25) is 11.9 Å². The first kappa shape index (κ1) is 23.4. The number of rotatable bonds is 8. The molecule has 4 N–H and O–H groups in total. The molecule has 0 bridgehead atoms. The molecule has 1 aliphatic carbocycles. The molecule has 1 aromatic heterocycles. The van der Waals surface area contributed by atoms with Crippen molar-refractivity contribution in [3.8, 4) is 5.75 Å². The summed E-state index contributed by atoms with van der Waals surface area (Å²) in [4.78, 5) is 32.4. The number of hydrogen-bond acceptors (Lipinski definition) is 7. The van der Waals surface area contributed by atoms with Crippen LogP contribution in [0, 0.1) is 0 Å². The fourth-order valence-electron chi connectivity index (χ4n) is 3.80. The molecule has 2 aromatic rings. The molecule has 1 heterocycles. The van der Waals surface area contributed by atoms with Gasteiger partial charge in [0.15, 0.2) is 0 Å². The molecule has 0 aliphatic heterocycles. The average Bonchev–Trinajstić information content (AvgIpc) is 2.77. The molecule has 1 fully saturated rings. The van der Waals surface area contributed by atoms with E-state index in [9.17, 15) is 9.59 Å². The molecule has 0 saturated heterocycles. The number of aromatic nitrogens is 2. The number of carbonyl (C=O) groups is 2. The Hall–Kier alpha value is -3.30. The van der Waals surface area contributed by atoms with Gasteiger partial charge in [-0.2, -0.15) is 4.98 Å². The Morgan fingerprint density at radius 3 is 2.66 bits per heavy atom. The number of ether oxygens (including phenoxy) is 1. The fourth-order valence-corrected chi connectivity index (χ4v) is 3.80. The molecule has 9 nitrogen and oxygen atoms in total. The standard InChI is InChI=1S/C22H29BN6O3/c1-4-24-21(31)14-9-10-18(19(11-14)32-3)28-22-25-12-15(23)20(29-22)27-17-8-6-5-7-16(17)26-13(2)30/h9-12,16-17H,4-8H2,1-3H3,(H,24,31)(H,26,30)(H2,25,27,28,29)/t16-,17-/m1/s1. The van der Waals surface area contributed by atoms with Crippen molar-refractivity contribution in [1.82, 2.24) is 20.6 Å². The van der Waals surface area contributed by atoms with Crippen LogP contribution in [0.15, 0.2) is 24.4 Å². The van der Waals surface area contributed by atoms with Crippen LogP contribution in [0.2, 0.25) is 0 Å². The monoisotopic (exact) mass is 436 g/mol. The maximum atomic E-state index is 12.1. The zero-order chi connectivity index (χ0) is 23.1. The molecule has 32 heavy (non-hydrogen) atoms. The summed E-state index contributed by atoms with van der Waals surface area (Å²) < 4.78 is 5.43. The van der Waals surface area contributed by atoms with Gasteiger partial charge in [-0.1, -0.05) is 12.8 Å². The number of methoxy groups -OCH3 is 1. The Kier molecular flexibility index (Phi) is 7.91. The molecule has 3 rings (SSSR count). The zero-order valence-electron chi connectivity index (χ0n) is 18.7. The Balaban J connectivity index is 1.78. The summed E-state index contributed by atoms with van der Waals surface area (Å²) in [6.45, 7) is 3.93. The largest absolute Gasteiger partial charge is 0.495 e. The predicted molar refractivity (Wildman–Crippen MR) is 125 cm³/mol. The van der Waals surface area contributed by atoms with Gasteiger partial charge in [-0.3, -0.25) is 9.59 Å². The number of carbonyl (C=O) groups excluding carboxylic acids is 2. The summed E-state index contributed by atoms with van der Waals surface area (Å²) in [5.41, 5.74) is 1.53. The van der Waals surface area contributed by atoms with Gasteiger partial charge in [0.05, 0.1) is 12.8 Å². The van der Waals surface area contributed by atoms with E-state index in [1.165, 1.54) is 20.2 Å². The maximum absolute atomic E-state index is 12.1. The summed E-state index contributed by atoms with van der Waals surface area (Å²) >= 11 is 0. The molecule has 2 amide bonds. The molecule has 10 heteroatoms. The Morgan fingerprint density at radius 1 is 1.22 bits per heavy atom. The van der Waals surface area contributed by atoms with Crippen molar-refractivity contribution in [2.45, 2.75) is 51.6 Å². The minimum Gasteiger partial charge on any atom is -0.495 e. The number of anilines is 3. The Labute approximate surface area is 189 Å². The van der Waals surface area contributed by atoms with E-state index in [4.69, 9.17) is 12.6 Å². The van der Waals surface area contributed by atoms with Gasteiger partial charge in [0.1, 0.15) is 19.4 Å². The lowest BCUT2D eigenvalue weighted by Crippen LogP contribution is -2.48. The number of benzene rings is 1. The lowest BCUT2D eigenvalue weighted by Gasteiger charge is -2.33. The molecular weight excluding hydrogens is 407 g/mol. The van der Waals surface area contributed by atoms with E-state index in [2.05, 4.69) is 31.2 Å². The summed E-state index contributed by atoms with van der Waals surface area (Å²) in [5, 5.41) is 12.3. The third kappa shape index (κ3) is 5.90. The van der Waals surface area contributed by atoms with Crippen LogP contribution in [-0.4, -0.2) is 55.4 Å². The number of nitrogens with one attached hydrogen (secondary N) is 4. The summed E-state index contributed by atoms with van der Waals surface area (Å²) in [7, 11) is 7.64. The highest BCUT2D eigenvalue weighted by atomic mass is 16.5. The van der Waals surface area contributed by atoms with Gasteiger partial charge in [0, 0.05) is 37.3 Å². The molecule has 168 valence electrons. The normalized spacial score (nSPS) is 17.8. The van der Waals surface area contributed by atoms with Crippen molar-refractivity contribution < 1.29 is 14.3 Å². The second kappa shape index (κ2) is 10.8. The van der Waals surface area contributed by atoms with Crippen molar-refractivity contribution in [3.05, 3.63) is 30.0 Å². The van der Waals surface area contributed by atoms with Gasteiger partial charge >= 0.3 is 0 Å². The third-order valence-electron chi connectivity index (χ3n) is 5.34. The molecule has 2 radical (unpaired) electrons. The van der Waals surface area contributed by atoms with E-state index >= 15 is 0 Å². The predicted octanol–water partition coefficient (Wildman–Crippen LogP) is 1.63. The summed E-state index contributed by atoms with van der Waals surface area (Å²) in [5.74, 6) is 1.10. The van der Waals surface area contributed by atoms with Crippen LogP contribution in [0.4, 0.5) is 17.5 Å².